The van der Waals surface area contributed by atoms with Crippen LogP contribution in [0, 0.1) is 5.41 Å². The number of ether oxygens (including phenoxy) is 1. The zero-order valence-electron chi connectivity index (χ0n) is 12.5. The topological polar surface area (TPSA) is 78.5 Å². The molecule has 5 nitrogen and oxygen atoms in total. The number of aliphatic hydroxyl groups excluding tert-OH is 1. The Morgan fingerprint density at radius 3 is 2.70 bits per heavy atom. The maximum atomic E-state index is 10.1. The number of rotatable bonds is 5. The third-order valence-corrected chi connectivity index (χ3v) is 3.64. The van der Waals surface area contributed by atoms with Crippen molar-refractivity contribution in [2.75, 3.05) is 6.61 Å². The molecule has 0 saturated carbocycles. The third kappa shape index (κ3) is 3.35. The van der Waals surface area contributed by atoms with Gasteiger partial charge in [0.1, 0.15) is 18.5 Å². The van der Waals surface area contributed by atoms with Crippen LogP contribution >= 0.6 is 0 Å². The maximum Gasteiger partial charge on any atom is 0.167 e. The van der Waals surface area contributed by atoms with Crippen LogP contribution in [0.5, 0.6) is 11.5 Å². The predicted molar refractivity (Wildman–Crippen MR) is 87.4 cm³/mol. The molecule has 3 aromatic rings. The quantitative estimate of drug-likeness (QED) is 0.676. The van der Waals surface area contributed by atoms with Crippen molar-refractivity contribution >= 4 is 10.8 Å². The lowest BCUT2D eigenvalue weighted by atomic mass is 10.1. The first kappa shape index (κ1) is 15.1. The molecule has 1 aromatic heterocycles. The van der Waals surface area contributed by atoms with E-state index in [0.717, 1.165) is 10.8 Å². The lowest BCUT2D eigenvalue weighted by Gasteiger charge is -2.15. The van der Waals surface area contributed by atoms with Gasteiger partial charge in [0.15, 0.2) is 11.2 Å². The number of aromatic hydroxyl groups is 1. The highest BCUT2D eigenvalue weighted by Gasteiger charge is 2.09. The number of benzene rings is 2. The summed E-state index contributed by atoms with van der Waals surface area (Å²) in [4.78, 5) is 0. The summed E-state index contributed by atoms with van der Waals surface area (Å²) in [6.45, 7) is 0.286. The summed E-state index contributed by atoms with van der Waals surface area (Å²) in [6.07, 6.45) is 0.855. The van der Waals surface area contributed by atoms with Gasteiger partial charge in [0, 0.05) is 11.6 Å². The molecule has 3 N–H and O–H groups in total. The van der Waals surface area contributed by atoms with Crippen LogP contribution in [-0.4, -0.2) is 27.5 Å². The van der Waals surface area contributed by atoms with Gasteiger partial charge in [0.25, 0.3) is 0 Å². The molecule has 5 heteroatoms. The van der Waals surface area contributed by atoms with Crippen LogP contribution in [0.4, 0.5) is 0 Å². The van der Waals surface area contributed by atoms with Gasteiger partial charge in [-0.1, -0.05) is 36.4 Å². The lowest BCUT2D eigenvalue weighted by Crippen LogP contribution is -2.29. The summed E-state index contributed by atoms with van der Waals surface area (Å²) in [7, 11) is 0. The van der Waals surface area contributed by atoms with Gasteiger partial charge in [0.2, 0.25) is 0 Å². The molecular formula is C18H18N2O3. The smallest absolute Gasteiger partial charge is 0.167 e. The van der Waals surface area contributed by atoms with E-state index in [2.05, 4.69) is 0 Å². The fourth-order valence-electron chi connectivity index (χ4n) is 2.48. The van der Waals surface area contributed by atoms with Gasteiger partial charge in [-0.2, -0.15) is 0 Å². The Morgan fingerprint density at radius 1 is 1.04 bits per heavy atom. The number of hydrogen-bond donors (Lipinski definition) is 3. The lowest BCUT2D eigenvalue weighted by molar-refractivity contribution is 0.0917. The Kier molecular flexibility index (Phi) is 4.30. The summed E-state index contributed by atoms with van der Waals surface area (Å²) in [5.41, 5.74) is -0.0308. The van der Waals surface area contributed by atoms with E-state index < -0.39 is 6.10 Å². The Labute approximate surface area is 133 Å². The summed E-state index contributed by atoms with van der Waals surface area (Å²) >= 11 is 0. The Bertz CT molecular complexity index is 868. The molecule has 0 bridgehead atoms. The number of aliphatic hydroxyl groups is 1. The Balaban J connectivity index is 1.70. The molecule has 2 aromatic carbocycles. The Hall–Kier alpha value is -2.79. The summed E-state index contributed by atoms with van der Waals surface area (Å²) < 4.78 is 7.21. The van der Waals surface area contributed by atoms with Crippen molar-refractivity contribution in [3.8, 4) is 11.5 Å². The van der Waals surface area contributed by atoms with E-state index in [9.17, 15) is 10.2 Å². The molecule has 23 heavy (non-hydrogen) atoms. The van der Waals surface area contributed by atoms with Gasteiger partial charge < -0.3 is 19.5 Å². The molecule has 0 spiro atoms. The van der Waals surface area contributed by atoms with Crippen molar-refractivity contribution in [2.24, 2.45) is 0 Å². The molecule has 1 heterocycles. The van der Waals surface area contributed by atoms with E-state index in [4.69, 9.17) is 10.1 Å². The molecule has 118 valence electrons. The summed E-state index contributed by atoms with van der Waals surface area (Å²) in [5.74, 6) is 0.601. The first-order valence-electron chi connectivity index (χ1n) is 7.37. The number of fused-ring (bicyclic) bond motifs is 1. The predicted octanol–water partition coefficient (Wildman–Crippen LogP) is 2.27. The van der Waals surface area contributed by atoms with E-state index in [-0.39, 0.29) is 24.4 Å². The molecule has 0 aliphatic carbocycles. The SMILES string of the molecule is N=c1c(O)cccn1CC(O)COc1cccc2ccccc12. The molecule has 0 amide bonds. The van der Waals surface area contributed by atoms with Crippen LogP contribution in [0.2, 0.25) is 0 Å². The molecule has 0 aliphatic rings. The number of pyridine rings is 1. The fraction of sp³-hybridized carbons (Fsp3) is 0.167. The molecule has 1 unspecified atom stereocenters. The first-order valence-corrected chi connectivity index (χ1v) is 7.37. The van der Waals surface area contributed by atoms with Crippen LogP contribution in [0.1, 0.15) is 0 Å². The summed E-state index contributed by atoms with van der Waals surface area (Å²) in [6, 6.07) is 16.8. The van der Waals surface area contributed by atoms with E-state index in [1.807, 2.05) is 42.5 Å². The zero-order valence-corrected chi connectivity index (χ0v) is 12.5. The molecule has 0 radical (unpaired) electrons. The van der Waals surface area contributed by atoms with Gasteiger partial charge in [-0.05, 0) is 23.6 Å². The molecule has 3 rings (SSSR count). The van der Waals surface area contributed by atoms with Crippen molar-refractivity contribution in [3.05, 3.63) is 66.3 Å². The highest BCUT2D eigenvalue weighted by molar-refractivity contribution is 5.88. The van der Waals surface area contributed by atoms with Gasteiger partial charge in [-0.3, -0.25) is 5.41 Å². The van der Waals surface area contributed by atoms with Crippen molar-refractivity contribution in [2.45, 2.75) is 12.6 Å². The number of nitrogens with one attached hydrogen (secondary N) is 1. The summed E-state index contributed by atoms with van der Waals surface area (Å²) in [5, 5.41) is 29.5. The minimum atomic E-state index is -0.787. The molecule has 0 fully saturated rings. The van der Waals surface area contributed by atoms with Gasteiger partial charge in [0.05, 0.1) is 6.54 Å². The maximum absolute atomic E-state index is 10.1. The fourth-order valence-corrected chi connectivity index (χ4v) is 2.48. The normalized spacial score (nSPS) is 12.2. The van der Waals surface area contributed by atoms with Gasteiger partial charge in [-0.15, -0.1) is 0 Å². The van der Waals surface area contributed by atoms with E-state index in [1.165, 1.54) is 10.6 Å². The van der Waals surface area contributed by atoms with Crippen molar-refractivity contribution < 1.29 is 14.9 Å². The second kappa shape index (κ2) is 6.54. The number of hydrogen-bond acceptors (Lipinski definition) is 4. The number of aromatic nitrogens is 1. The number of nitrogens with zero attached hydrogens (tertiary/aromatic N) is 1. The molecule has 0 saturated heterocycles. The largest absolute Gasteiger partial charge is 0.504 e. The van der Waals surface area contributed by atoms with E-state index >= 15 is 0 Å². The zero-order chi connectivity index (χ0) is 16.2. The van der Waals surface area contributed by atoms with Crippen LogP contribution in [-0.2, 0) is 6.54 Å². The van der Waals surface area contributed by atoms with Crippen molar-refractivity contribution in [3.63, 3.8) is 0 Å². The standard InChI is InChI=1S/C18H18N2O3/c19-18-16(22)8-4-10-20(18)11-14(21)12-23-17-9-3-6-13-5-1-2-7-15(13)17/h1-10,14,19,21-22H,11-12H2. The van der Waals surface area contributed by atoms with Gasteiger partial charge in [-0.25, -0.2) is 0 Å². The minimum absolute atomic E-state index is 0.0308. The molecule has 0 aliphatic heterocycles. The monoisotopic (exact) mass is 310 g/mol. The third-order valence-electron chi connectivity index (χ3n) is 3.64. The van der Waals surface area contributed by atoms with Gasteiger partial charge >= 0.3 is 0 Å². The average Bonchev–Trinajstić information content (AvgIpc) is 2.57. The van der Waals surface area contributed by atoms with Crippen LogP contribution < -0.4 is 10.2 Å². The second-order valence-corrected chi connectivity index (χ2v) is 5.34. The first-order chi connectivity index (χ1) is 11.1. The van der Waals surface area contributed by atoms with E-state index in [0.29, 0.717) is 5.75 Å². The van der Waals surface area contributed by atoms with Crippen LogP contribution in [0.25, 0.3) is 10.8 Å². The minimum Gasteiger partial charge on any atom is -0.504 e. The Morgan fingerprint density at radius 2 is 1.83 bits per heavy atom. The average molecular weight is 310 g/mol. The highest BCUT2D eigenvalue weighted by Crippen LogP contribution is 2.25. The van der Waals surface area contributed by atoms with Crippen molar-refractivity contribution in [1.29, 1.82) is 5.41 Å². The second-order valence-electron chi connectivity index (χ2n) is 5.34. The molecule has 1 atom stereocenters. The molecular weight excluding hydrogens is 292 g/mol. The van der Waals surface area contributed by atoms with Crippen LogP contribution in [0.3, 0.4) is 0 Å². The van der Waals surface area contributed by atoms with Crippen LogP contribution in [0.15, 0.2) is 60.8 Å². The highest BCUT2D eigenvalue weighted by atomic mass is 16.5. The van der Waals surface area contributed by atoms with Crippen molar-refractivity contribution in [1.82, 2.24) is 4.57 Å². The van der Waals surface area contributed by atoms with E-state index in [1.54, 1.807) is 12.3 Å².